The van der Waals surface area contributed by atoms with E-state index >= 15 is 0 Å². The number of hydrogen-bond donors (Lipinski definition) is 1. The van der Waals surface area contributed by atoms with Gasteiger partial charge in [0, 0.05) is 6.20 Å². The summed E-state index contributed by atoms with van der Waals surface area (Å²) in [6.45, 7) is 0.171. The van der Waals surface area contributed by atoms with Gasteiger partial charge in [-0.15, -0.1) is 0 Å². The lowest BCUT2D eigenvalue weighted by Crippen LogP contribution is -2.02. The second kappa shape index (κ2) is 5.77. The Balaban J connectivity index is 2.06. The zero-order valence-electron chi connectivity index (χ0n) is 9.95. The topological polar surface area (TPSA) is 76.5 Å². The van der Waals surface area contributed by atoms with Gasteiger partial charge in [-0.25, -0.2) is 4.79 Å². The maximum Gasteiger partial charge on any atom is 0.337 e. The molecule has 1 N–H and O–H groups in total. The first-order valence-electron chi connectivity index (χ1n) is 5.56. The third-order valence-electron chi connectivity index (χ3n) is 2.49. The standard InChI is InChI=1S/C14H11NO4/c16-8-11-3-1-2-4-13(11)19-9-12-6-5-10(7-15-12)14(17)18/h1-8H,9H2,(H,17,18). The number of carboxylic acid groups (broad SMARTS) is 1. The van der Waals surface area contributed by atoms with E-state index in [1.54, 1.807) is 30.3 Å². The molecule has 5 heteroatoms. The molecule has 0 aliphatic heterocycles. The molecule has 0 aliphatic carbocycles. The lowest BCUT2D eigenvalue weighted by Gasteiger charge is -2.07. The number of carbonyl (C=O) groups excluding carboxylic acids is 1. The fourth-order valence-corrected chi connectivity index (χ4v) is 1.50. The molecule has 1 aromatic carbocycles. The molecule has 0 unspecified atom stereocenters. The van der Waals surface area contributed by atoms with Crippen LogP contribution < -0.4 is 4.74 Å². The number of rotatable bonds is 5. The van der Waals surface area contributed by atoms with E-state index < -0.39 is 5.97 Å². The minimum Gasteiger partial charge on any atom is -0.487 e. The number of carboxylic acids is 1. The molecule has 96 valence electrons. The van der Waals surface area contributed by atoms with Crippen LogP contribution in [-0.2, 0) is 6.61 Å². The van der Waals surface area contributed by atoms with E-state index in [0.29, 0.717) is 17.0 Å². The predicted octanol–water partition coefficient (Wildman–Crippen LogP) is 2.17. The molecule has 2 aromatic rings. The van der Waals surface area contributed by atoms with Gasteiger partial charge >= 0.3 is 5.97 Å². The number of carbonyl (C=O) groups is 2. The van der Waals surface area contributed by atoms with Crippen LogP contribution >= 0.6 is 0 Å². The zero-order valence-corrected chi connectivity index (χ0v) is 9.95. The molecule has 5 nitrogen and oxygen atoms in total. The third kappa shape index (κ3) is 3.16. The molecular formula is C14H11NO4. The highest BCUT2D eigenvalue weighted by Crippen LogP contribution is 2.16. The van der Waals surface area contributed by atoms with Crippen molar-refractivity contribution in [3.05, 3.63) is 59.4 Å². The van der Waals surface area contributed by atoms with E-state index in [1.165, 1.54) is 12.3 Å². The second-order valence-electron chi connectivity index (χ2n) is 3.79. The molecule has 0 aliphatic rings. The highest BCUT2D eigenvalue weighted by Gasteiger charge is 2.05. The molecule has 0 spiro atoms. The maximum atomic E-state index is 10.8. The summed E-state index contributed by atoms with van der Waals surface area (Å²) in [5, 5.41) is 8.74. The van der Waals surface area contributed by atoms with E-state index in [2.05, 4.69) is 4.98 Å². The minimum absolute atomic E-state index is 0.122. The van der Waals surface area contributed by atoms with Crippen molar-refractivity contribution >= 4 is 12.3 Å². The summed E-state index contributed by atoms with van der Waals surface area (Å²) in [7, 11) is 0. The fourth-order valence-electron chi connectivity index (χ4n) is 1.50. The number of aldehydes is 1. The van der Waals surface area contributed by atoms with Crippen molar-refractivity contribution < 1.29 is 19.4 Å². The smallest absolute Gasteiger partial charge is 0.337 e. The summed E-state index contributed by atoms with van der Waals surface area (Å²) in [4.78, 5) is 25.4. The van der Waals surface area contributed by atoms with Gasteiger partial charge in [-0.2, -0.15) is 0 Å². The second-order valence-corrected chi connectivity index (χ2v) is 3.79. The first-order valence-corrected chi connectivity index (χ1v) is 5.56. The van der Waals surface area contributed by atoms with Gasteiger partial charge in [0.2, 0.25) is 0 Å². The van der Waals surface area contributed by atoms with Gasteiger partial charge in [0.25, 0.3) is 0 Å². The normalized spacial score (nSPS) is 9.89. The van der Waals surface area contributed by atoms with Gasteiger partial charge in [-0.05, 0) is 24.3 Å². The average molecular weight is 257 g/mol. The maximum absolute atomic E-state index is 10.8. The number of nitrogens with zero attached hydrogens (tertiary/aromatic N) is 1. The summed E-state index contributed by atoms with van der Waals surface area (Å²) in [6, 6.07) is 9.89. The van der Waals surface area contributed by atoms with Crippen molar-refractivity contribution in [2.24, 2.45) is 0 Å². The number of aromatic nitrogens is 1. The van der Waals surface area contributed by atoms with Crippen LogP contribution in [0.15, 0.2) is 42.6 Å². The van der Waals surface area contributed by atoms with Gasteiger partial charge in [0.1, 0.15) is 12.4 Å². The number of para-hydroxylation sites is 1. The molecule has 2 rings (SSSR count). The Morgan fingerprint density at radius 1 is 1.26 bits per heavy atom. The van der Waals surface area contributed by atoms with Gasteiger partial charge in [0.15, 0.2) is 6.29 Å². The number of ether oxygens (including phenoxy) is 1. The van der Waals surface area contributed by atoms with Crippen LogP contribution in [0.4, 0.5) is 0 Å². The molecule has 0 bridgehead atoms. The number of pyridine rings is 1. The first kappa shape index (κ1) is 12.8. The molecule has 0 fully saturated rings. The van der Waals surface area contributed by atoms with Crippen molar-refractivity contribution in [1.82, 2.24) is 4.98 Å². The largest absolute Gasteiger partial charge is 0.487 e. The van der Waals surface area contributed by atoms with Crippen LogP contribution in [0.5, 0.6) is 5.75 Å². The summed E-state index contributed by atoms with van der Waals surface area (Å²) >= 11 is 0. The van der Waals surface area contributed by atoms with Crippen LogP contribution in [0.3, 0.4) is 0 Å². The van der Waals surface area contributed by atoms with Crippen LogP contribution in [0.25, 0.3) is 0 Å². The molecule has 0 radical (unpaired) electrons. The molecule has 0 amide bonds. The van der Waals surface area contributed by atoms with Crippen LogP contribution in [0.2, 0.25) is 0 Å². The molecule has 1 heterocycles. The van der Waals surface area contributed by atoms with E-state index in [0.717, 1.165) is 6.29 Å². The Hall–Kier alpha value is -2.69. The van der Waals surface area contributed by atoms with Crippen molar-refractivity contribution in [3.63, 3.8) is 0 Å². The predicted molar refractivity (Wildman–Crippen MR) is 67.4 cm³/mol. The van der Waals surface area contributed by atoms with E-state index in [-0.39, 0.29) is 12.2 Å². The molecular weight excluding hydrogens is 246 g/mol. The SMILES string of the molecule is O=Cc1ccccc1OCc1ccc(C(=O)O)cn1. The molecule has 0 atom stereocenters. The lowest BCUT2D eigenvalue weighted by atomic mass is 10.2. The first-order chi connectivity index (χ1) is 9.20. The average Bonchev–Trinajstić information content (AvgIpc) is 2.45. The van der Waals surface area contributed by atoms with Crippen LogP contribution in [0.1, 0.15) is 26.4 Å². The van der Waals surface area contributed by atoms with Crippen LogP contribution in [-0.4, -0.2) is 22.3 Å². The van der Waals surface area contributed by atoms with Gasteiger partial charge < -0.3 is 9.84 Å². The third-order valence-corrected chi connectivity index (χ3v) is 2.49. The Bertz CT molecular complexity index is 593. The molecule has 0 saturated carbocycles. The zero-order chi connectivity index (χ0) is 13.7. The highest BCUT2D eigenvalue weighted by molar-refractivity contribution is 5.87. The Morgan fingerprint density at radius 3 is 2.68 bits per heavy atom. The molecule has 19 heavy (non-hydrogen) atoms. The summed E-state index contributed by atoms with van der Waals surface area (Å²) in [5.74, 6) is -0.548. The number of hydrogen-bond acceptors (Lipinski definition) is 4. The van der Waals surface area contributed by atoms with Crippen molar-refractivity contribution in [2.45, 2.75) is 6.61 Å². The van der Waals surface area contributed by atoms with Crippen molar-refractivity contribution in [2.75, 3.05) is 0 Å². The monoisotopic (exact) mass is 257 g/mol. The summed E-state index contributed by atoms with van der Waals surface area (Å²) < 4.78 is 5.47. The Morgan fingerprint density at radius 2 is 2.05 bits per heavy atom. The molecule has 1 aromatic heterocycles. The van der Waals surface area contributed by atoms with Crippen molar-refractivity contribution in [1.29, 1.82) is 0 Å². The van der Waals surface area contributed by atoms with Gasteiger partial charge in [-0.1, -0.05) is 12.1 Å². The van der Waals surface area contributed by atoms with Gasteiger partial charge in [0.05, 0.1) is 16.8 Å². The van der Waals surface area contributed by atoms with Crippen molar-refractivity contribution in [3.8, 4) is 5.75 Å². The molecule has 0 saturated heterocycles. The number of aromatic carboxylic acids is 1. The Kier molecular flexibility index (Phi) is 3.87. The summed E-state index contributed by atoms with van der Waals surface area (Å²) in [6.07, 6.45) is 1.99. The Labute approximate surface area is 109 Å². The minimum atomic E-state index is -1.02. The summed E-state index contributed by atoms with van der Waals surface area (Å²) in [5.41, 5.74) is 1.17. The van der Waals surface area contributed by atoms with E-state index in [4.69, 9.17) is 9.84 Å². The quantitative estimate of drug-likeness (QED) is 0.831. The lowest BCUT2D eigenvalue weighted by molar-refractivity contribution is 0.0696. The number of benzene rings is 1. The van der Waals surface area contributed by atoms with E-state index in [1.807, 2.05) is 0 Å². The fraction of sp³-hybridized carbons (Fsp3) is 0.0714. The van der Waals surface area contributed by atoms with E-state index in [9.17, 15) is 9.59 Å². The van der Waals surface area contributed by atoms with Gasteiger partial charge in [-0.3, -0.25) is 9.78 Å². The highest BCUT2D eigenvalue weighted by atomic mass is 16.5. The van der Waals surface area contributed by atoms with Crippen LogP contribution in [0, 0.1) is 0 Å².